The van der Waals surface area contributed by atoms with Gasteiger partial charge in [0.1, 0.15) is 0 Å². The summed E-state index contributed by atoms with van der Waals surface area (Å²) in [4.78, 5) is 6.12. The Morgan fingerprint density at radius 3 is 2.52 bits per heavy atom. The lowest BCUT2D eigenvalue weighted by Crippen LogP contribution is -2.48. The van der Waals surface area contributed by atoms with Gasteiger partial charge in [0.05, 0.1) is 6.54 Å². The van der Waals surface area contributed by atoms with Crippen molar-refractivity contribution in [2.45, 2.75) is 38.6 Å². The normalized spacial score (nSPS) is 16.4. The van der Waals surface area contributed by atoms with Crippen LogP contribution in [0.4, 0.5) is 0 Å². The van der Waals surface area contributed by atoms with E-state index in [0.29, 0.717) is 0 Å². The topological polar surface area (TPSA) is 45.7 Å². The number of rotatable bonds is 6. The minimum absolute atomic E-state index is 0. The second-order valence-electron chi connectivity index (χ2n) is 6.83. The van der Waals surface area contributed by atoms with Crippen molar-refractivity contribution in [1.82, 2.24) is 10.6 Å². The summed E-state index contributed by atoms with van der Waals surface area (Å²) >= 11 is 1.77. The Morgan fingerprint density at radius 1 is 1.15 bits per heavy atom. The highest BCUT2D eigenvalue weighted by Gasteiger charge is 2.34. The van der Waals surface area contributed by atoms with Crippen LogP contribution in [0.15, 0.2) is 46.8 Å². The maximum atomic E-state index is 5.64. The number of thiophene rings is 1. The van der Waals surface area contributed by atoms with Gasteiger partial charge < -0.3 is 15.4 Å². The van der Waals surface area contributed by atoms with Gasteiger partial charge in [0.25, 0.3) is 0 Å². The number of benzene rings is 1. The van der Waals surface area contributed by atoms with Gasteiger partial charge in [-0.15, -0.1) is 35.3 Å². The molecule has 2 N–H and O–H groups in total. The molecule has 0 radical (unpaired) electrons. The Labute approximate surface area is 183 Å². The molecule has 0 spiro atoms. The van der Waals surface area contributed by atoms with Crippen LogP contribution in [0, 0.1) is 6.92 Å². The van der Waals surface area contributed by atoms with Crippen LogP contribution in [0.2, 0.25) is 0 Å². The van der Waals surface area contributed by atoms with E-state index in [-0.39, 0.29) is 29.4 Å². The lowest BCUT2D eigenvalue weighted by atomic mass is 9.74. The molecule has 0 bridgehead atoms. The maximum absolute atomic E-state index is 5.64. The van der Waals surface area contributed by atoms with Crippen LogP contribution in [0.25, 0.3) is 0 Å². The SMILES string of the molecule is CCNC(=NCc1sccc1C)NCC1(c2ccccc2)CCOCC1.I. The van der Waals surface area contributed by atoms with Gasteiger partial charge in [0.15, 0.2) is 5.96 Å². The first-order valence-electron chi connectivity index (χ1n) is 9.42. The Kier molecular flexibility index (Phi) is 9.05. The van der Waals surface area contributed by atoms with E-state index in [1.807, 2.05) is 0 Å². The van der Waals surface area contributed by atoms with Crippen molar-refractivity contribution in [3.05, 3.63) is 57.8 Å². The first-order chi connectivity index (χ1) is 12.7. The first-order valence-corrected chi connectivity index (χ1v) is 10.3. The molecule has 0 atom stereocenters. The summed E-state index contributed by atoms with van der Waals surface area (Å²) in [6, 6.07) is 13.0. The Hall–Kier alpha value is -1.12. The largest absolute Gasteiger partial charge is 0.381 e. The van der Waals surface area contributed by atoms with Crippen molar-refractivity contribution in [2.75, 3.05) is 26.3 Å². The summed E-state index contributed by atoms with van der Waals surface area (Å²) < 4.78 is 5.64. The van der Waals surface area contributed by atoms with E-state index in [1.54, 1.807) is 11.3 Å². The molecular formula is C21H30IN3OS. The zero-order chi connectivity index (χ0) is 18.2. The first kappa shape index (κ1) is 22.2. The second kappa shape index (κ2) is 11.0. The fourth-order valence-electron chi connectivity index (χ4n) is 3.43. The molecule has 2 heterocycles. The molecule has 0 saturated carbocycles. The standard InChI is InChI=1S/C21H29N3OS.HI/c1-3-22-20(23-15-19-17(2)9-14-26-19)24-16-21(10-12-25-13-11-21)18-7-5-4-6-8-18;/h4-9,14H,3,10-13,15-16H2,1-2H3,(H2,22,23,24);1H. The summed E-state index contributed by atoms with van der Waals surface area (Å²) in [6.07, 6.45) is 2.07. The highest BCUT2D eigenvalue weighted by Crippen LogP contribution is 2.34. The van der Waals surface area contributed by atoms with Gasteiger partial charge >= 0.3 is 0 Å². The highest BCUT2D eigenvalue weighted by atomic mass is 127. The molecule has 1 fully saturated rings. The molecule has 4 nitrogen and oxygen atoms in total. The zero-order valence-corrected chi connectivity index (χ0v) is 19.3. The van der Waals surface area contributed by atoms with Crippen molar-refractivity contribution >= 4 is 41.3 Å². The number of aliphatic imine (C=N–C) groups is 1. The summed E-state index contributed by atoms with van der Waals surface area (Å²) in [5.74, 6) is 0.891. The Balaban J connectivity index is 0.00000261. The predicted octanol–water partition coefficient (Wildman–Crippen LogP) is 4.48. The van der Waals surface area contributed by atoms with Gasteiger partial charge in [-0.05, 0) is 49.3 Å². The predicted molar refractivity (Wildman–Crippen MR) is 125 cm³/mol. The highest BCUT2D eigenvalue weighted by molar-refractivity contribution is 14.0. The zero-order valence-electron chi connectivity index (χ0n) is 16.2. The average Bonchev–Trinajstić information content (AvgIpc) is 3.10. The number of halogens is 1. The number of ether oxygens (including phenoxy) is 1. The van der Waals surface area contributed by atoms with Gasteiger partial charge in [-0.25, -0.2) is 4.99 Å². The van der Waals surface area contributed by atoms with Crippen LogP contribution in [0.1, 0.15) is 35.8 Å². The summed E-state index contributed by atoms with van der Waals surface area (Å²) in [6.45, 7) is 8.34. The van der Waals surface area contributed by atoms with Gasteiger partial charge in [-0.3, -0.25) is 0 Å². The van der Waals surface area contributed by atoms with Gasteiger partial charge in [-0.2, -0.15) is 0 Å². The summed E-state index contributed by atoms with van der Waals surface area (Å²) in [7, 11) is 0. The molecule has 0 unspecified atom stereocenters. The van der Waals surface area contributed by atoms with E-state index in [4.69, 9.17) is 9.73 Å². The van der Waals surface area contributed by atoms with Crippen LogP contribution in [0.3, 0.4) is 0 Å². The lowest BCUT2D eigenvalue weighted by Gasteiger charge is -2.38. The molecule has 3 rings (SSSR count). The van der Waals surface area contributed by atoms with Gasteiger partial charge in [0, 0.05) is 36.6 Å². The van der Waals surface area contributed by atoms with E-state index >= 15 is 0 Å². The molecule has 1 saturated heterocycles. The van der Waals surface area contributed by atoms with Crippen LogP contribution in [-0.4, -0.2) is 32.3 Å². The molecule has 0 aliphatic carbocycles. The molecule has 1 aromatic heterocycles. The second-order valence-corrected chi connectivity index (χ2v) is 7.83. The Morgan fingerprint density at radius 2 is 1.89 bits per heavy atom. The number of aryl methyl sites for hydroxylation is 1. The number of hydrogen-bond donors (Lipinski definition) is 2. The van der Waals surface area contributed by atoms with Crippen molar-refractivity contribution < 1.29 is 4.74 Å². The van der Waals surface area contributed by atoms with E-state index in [2.05, 4.69) is 66.3 Å². The van der Waals surface area contributed by atoms with Crippen molar-refractivity contribution in [2.24, 2.45) is 4.99 Å². The van der Waals surface area contributed by atoms with Crippen LogP contribution >= 0.6 is 35.3 Å². The smallest absolute Gasteiger partial charge is 0.191 e. The number of hydrogen-bond acceptors (Lipinski definition) is 3. The van der Waals surface area contributed by atoms with Crippen molar-refractivity contribution in [3.8, 4) is 0 Å². The fraction of sp³-hybridized carbons (Fsp3) is 0.476. The number of guanidine groups is 1. The van der Waals surface area contributed by atoms with Crippen LogP contribution in [-0.2, 0) is 16.7 Å². The fourth-order valence-corrected chi connectivity index (χ4v) is 4.26. The Bertz CT molecular complexity index is 711. The van der Waals surface area contributed by atoms with Crippen molar-refractivity contribution in [3.63, 3.8) is 0 Å². The van der Waals surface area contributed by atoms with E-state index in [0.717, 1.165) is 51.6 Å². The third-order valence-electron chi connectivity index (χ3n) is 5.12. The monoisotopic (exact) mass is 499 g/mol. The third kappa shape index (κ3) is 5.93. The maximum Gasteiger partial charge on any atom is 0.191 e. The third-order valence-corrected chi connectivity index (χ3v) is 6.13. The molecular weight excluding hydrogens is 469 g/mol. The van der Waals surface area contributed by atoms with Crippen LogP contribution in [0.5, 0.6) is 0 Å². The van der Waals surface area contributed by atoms with E-state index < -0.39 is 0 Å². The minimum Gasteiger partial charge on any atom is -0.381 e. The minimum atomic E-state index is 0. The van der Waals surface area contributed by atoms with E-state index in [9.17, 15) is 0 Å². The molecule has 6 heteroatoms. The molecule has 148 valence electrons. The average molecular weight is 499 g/mol. The molecule has 2 aromatic rings. The summed E-state index contributed by atoms with van der Waals surface area (Å²) in [5, 5.41) is 9.12. The van der Waals surface area contributed by atoms with Gasteiger partial charge in [-0.1, -0.05) is 30.3 Å². The van der Waals surface area contributed by atoms with Gasteiger partial charge in [0.2, 0.25) is 0 Å². The number of nitrogens with one attached hydrogen (secondary N) is 2. The van der Waals surface area contributed by atoms with Crippen molar-refractivity contribution in [1.29, 1.82) is 0 Å². The molecule has 1 aliphatic rings. The van der Waals surface area contributed by atoms with E-state index in [1.165, 1.54) is 16.0 Å². The van der Waals surface area contributed by atoms with Crippen LogP contribution < -0.4 is 10.6 Å². The summed E-state index contributed by atoms with van der Waals surface area (Å²) in [5.41, 5.74) is 2.81. The molecule has 27 heavy (non-hydrogen) atoms. The lowest BCUT2D eigenvalue weighted by molar-refractivity contribution is 0.0514. The number of nitrogens with zero attached hydrogens (tertiary/aromatic N) is 1. The quantitative estimate of drug-likeness (QED) is 0.350. The molecule has 0 amide bonds. The molecule has 1 aromatic carbocycles. The molecule has 1 aliphatic heterocycles.